The van der Waals surface area contributed by atoms with Gasteiger partial charge in [-0.05, 0) is 36.9 Å². The summed E-state index contributed by atoms with van der Waals surface area (Å²) in [6.07, 6.45) is 0. The fraction of sp³-hybridized carbons (Fsp3) is 0.133. The summed E-state index contributed by atoms with van der Waals surface area (Å²) in [5.74, 6) is -0.912. The molecule has 0 aliphatic carbocycles. The Balaban J connectivity index is 2.15. The zero-order chi connectivity index (χ0) is 15.0. The van der Waals surface area contributed by atoms with Gasteiger partial charge in [0.15, 0.2) is 5.58 Å². The van der Waals surface area contributed by atoms with E-state index < -0.39 is 17.6 Å². The van der Waals surface area contributed by atoms with Crippen LogP contribution >= 0.6 is 11.6 Å². The Kier molecular flexibility index (Phi) is 3.53. The first-order valence-electron chi connectivity index (χ1n) is 6.34. The van der Waals surface area contributed by atoms with Crippen LogP contribution in [0.15, 0.2) is 45.6 Å². The highest BCUT2D eigenvalue weighted by molar-refractivity contribution is 6.31. The molecule has 0 amide bonds. The van der Waals surface area contributed by atoms with Crippen molar-refractivity contribution >= 4 is 22.7 Å². The quantitative estimate of drug-likeness (QED) is 0.781. The van der Waals surface area contributed by atoms with Crippen molar-refractivity contribution in [3.63, 3.8) is 0 Å². The number of fused-ring (bicyclic) bond motifs is 1. The van der Waals surface area contributed by atoms with Gasteiger partial charge in [0.1, 0.15) is 5.82 Å². The summed E-state index contributed by atoms with van der Waals surface area (Å²) in [5, 5.41) is 3.37. The average molecular weight is 307 g/mol. The van der Waals surface area contributed by atoms with E-state index in [-0.39, 0.29) is 0 Å². The molecule has 0 bridgehead atoms. The SMILES string of the molecule is CNC(c1ccc2[nH]c(=O)oc2c1)c1c(F)cccc1Cl. The predicted molar refractivity (Wildman–Crippen MR) is 79.1 cm³/mol. The van der Waals surface area contributed by atoms with Crippen LogP contribution in [0, 0.1) is 5.82 Å². The van der Waals surface area contributed by atoms with Gasteiger partial charge in [0.2, 0.25) is 0 Å². The van der Waals surface area contributed by atoms with Crippen LogP contribution in [0.2, 0.25) is 5.02 Å². The normalized spacial score (nSPS) is 12.7. The van der Waals surface area contributed by atoms with Crippen LogP contribution in [0.25, 0.3) is 11.1 Å². The lowest BCUT2D eigenvalue weighted by Crippen LogP contribution is -2.19. The van der Waals surface area contributed by atoms with Crippen molar-refractivity contribution in [3.8, 4) is 0 Å². The molecule has 0 radical (unpaired) electrons. The van der Waals surface area contributed by atoms with Gasteiger partial charge in [0, 0.05) is 10.6 Å². The number of halogens is 2. The van der Waals surface area contributed by atoms with Crippen LogP contribution in [0.3, 0.4) is 0 Å². The van der Waals surface area contributed by atoms with Gasteiger partial charge in [0.05, 0.1) is 11.6 Å². The molecule has 108 valence electrons. The van der Waals surface area contributed by atoms with Gasteiger partial charge in [-0.15, -0.1) is 0 Å². The number of nitrogens with one attached hydrogen (secondary N) is 2. The molecule has 1 aromatic heterocycles. The standard InChI is InChI=1S/C15H12ClFN2O2/c1-18-14(13-9(16)3-2-4-10(13)17)8-5-6-11-12(7-8)21-15(20)19-11/h2-7,14,18H,1H3,(H,19,20). The minimum absolute atomic E-state index is 0.338. The Morgan fingerprint density at radius 2 is 2.14 bits per heavy atom. The van der Waals surface area contributed by atoms with E-state index >= 15 is 0 Å². The minimum Gasteiger partial charge on any atom is -0.408 e. The number of hydrogen-bond acceptors (Lipinski definition) is 3. The van der Waals surface area contributed by atoms with Crippen molar-refractivity contribution in [1.29, 1.82) is 0 Å². The van der Waals surface area contributed by atoms with E-state index in [1.54, 1.807) is 37.4 Å². The summed E-state index contributed by atoms with van der Waals surface area (Å²) in [5.41, 5.74) is 2.13. The van der Waals surface area contributed by atoms with Crippen LogP contribution < -0.4 is 11.1 Å². The molecule has 3 rings (SSSR count). The van der Waals surface area contributed by atoms with Crippen LogP contribution in [-0.4, -0.2) is 12.0 Å². The highest BCUT2D eigenvalue weighted by atomic mass is 35.5. The number of oxazole rings is 1. The fourth-order valence-electron chi connectivity index (χ4n) is 2.41. The van der Waals surface area contributed by atoms with Gasteiger partial charge in [0.25, 0.3) is 0 Å². The van der Waals surface area contributed by atoms with E-state index in [1.165, 1.54) is 6.07 Å². The largest absolute Gasteiger partial charge is 0.417 e. The van der Waals surface area contributed by atoms with E-state index in [9.17, 15) is 9.18 Å². The molecular formula is C15H12ClFN2O2. The fourth-order valence-corrected chi connectivity index (χ4v) is 2.68. The molecule has 3 aromatic rings. The summed E-state index contributed by atoms with van der Waals surface area (Å²) in [6.45, 7) is 0. The third-order valence-electron chi connectivity index (χ3n) is 3.36. The Morgan fingerprint density at radius 1 is 1.33 bits per heavy atom. The van der Waals surface area contributed by atoms with Crippen molar-refractivity contribution in [2.75, 3.05) is 7.05 Å². The molecule has 0 saturated heterocycles. The molecule has 0 fully saturated rings. The van der Waals surface area contributed by atoms with Gasteiger partial charge >= 0.3 is 5.76 Å². The third kappa shape index (κ3) is 2.46. The maximum atomic E-state index is 14.1. The molecule has 0 spiro atoms. The monoisotopic (exact) mass is 306 g/mol. The predicted octanol–water partition coefficient (Wildman–Crippen LogP) is 3.22. The Labute approximate surface area is 124 Å². The van der Waals surface area contributed by atoms with Crippen LogP contribution in [0.5, 0.6) is 0 Å². The molecule has 1 heterocycles. The van der Waals surface area contributed by atoms with Gasteiger partial charge in [-0.2, -0.15) is 0 Å². The molecular weight excluding hydrogens is 295 g/mol. The van der Waals surface area contributed by atoms with E-state index in [0.29, 0.717) is 21.7 Å². The molecule has 0 aliphatic rings. The number of aromatic amines is 1. The summed E-state index contributed by atoms with van der Waals surface area (Å²) < 4.78 is 19.1. The molecule has 1 unspecified atom stereocenters. The van der Waals surface area contributed by atoms with E-state index in [2.05, 4.69) is 10.3 Å². The van der Waals surface area contributed by atoms with Gasteiger partial charge in [-0.3, -0.25) is 4.98 Å². The van der Waals surface area contributed by atoms with Gasteiger partial charge < -0.3 is 9.73 Å². The maximum absolute atomic E-state index is 14.1. The molecule has 1 atom stereocenters. The molecule has 4 nitrogen and oxygen atoms in total. The van der Waals surface area contributed by atoms with E-state index in [0.717, 1.165) is 5.56 Å². The maximum Gasteiger partial charge on any atom is 0.417 e. The zero-order valence-electron chi connectivity index (χ0n) is 11.1. The van der Waals surface area contributed by atoms with Crippen molar-refractivity contribution in [3.05, 3.63) is 68.9 Å². The lowest BCUT2D eigenvalue weighted by atomic mass is 9.98. The molecule has 6 heteroatoms. The smallest absolute Gasteiger partial charge is 0.408 e. The summed E-state index contributed by atoms with van der Waals surface area (Å²) >= 11 is 6.12. The molecule has 0 aliphatic heterocycles. The Hall–Kier alpha value is -2.11. The van der Waals surface area contributed by atoms with Crippen molar-refractivity contribution in [1.82, 2.24) is 10.3 Å². The number of rotatable bonds is 3. The lowest BCUT2D eigenvalue weighted by molar-refractivity contribution is 0.552. The first kappa shape index (κ1) is 13.9. The van der Waals surface area contributed by atoms with Crippen molar-refractivity contribution < 1.29 is 8.81 Å². The highest BCUT2D eigenvalue weighted by Crippen LogP contribution is 2.31. The van der Waals surface area contributed by atoms with Crippen molar-refractivity contribution in [2.45, 2.75) is 6.04 Å². The van der Waals surface area contributed by atoms with Gasteiger partial charge in [-0.25, -0.2) is 9.18 Å². The number of aromatic nitrogens is 1. The second-order valence-electron chi connectivity index (χ2n) is 4.63. The van der Waals surface area contributed by atoms with Crippen LogP contribution in [-0.2, 0) is 0 Å². The first-order chi connectivity index (χ1) is 10.1. The molecule has 2 aromatic carbocycles. The van der Waals surface area contributed by atoms with Crippen molar-refractivity contribution in [2.24, 2.45) is 0 Å². The summed E-state index contributed by atoms with van der Waals surface area (Å²) in [7, 11) is 1.71. The topological polar surface area (TPSA) is 58.0 Å². The second-order valence-corrected chi connectivity index (χ2v) is 5.03. The number of hydrogen-bond donors (Lipinski definition) is 2. The lowest BCUT2D eigenvalue weighted by Gasteiger charge is -2.19. The average Bonchev–Trinajstić information content (AvgIpc) is 2.82. The summed E-state index contributed by atoms with van der Waals surface area (Å²) in [6, 6.07) is 9.31. The van der Waals surface area contributed by atoms with Crippen LogP contribution in [0.1, 0.15) is 17.2 Å². The highest BCUT2D eigenvalue weighted by Gasteiger charge is 2.20. The van der Waals surface area contributed by atoms with E-state index in [4.69, 9.17) is 16.0 Å². The van der Waals surface area contributed by atoms with E-state index in [1.807, 2.05) is 0 Å². The second kappa shape index (κ2) is 5.35. The number of H-pyrrole nitrogens is 1. The molecule has 21 heavy (non-hydrogen) atoms. The third-order valence-corrected chi connectivity index (χ3v) is 3.69. The first-order valence-corrected chi connectivity index (χ1v) is 6.72. The minimum atomic E-state index is -0.521. The van der Waals surface area contributed by atoms with Gasteiger partial charge in [-0.1, -0.05) is 23.7 Å². The zero-order valence-corrected chi connectivity index (χ0v) is 11.9. The molecule has 2 N–H and O–H groups in total. The Morgan fingerprint density at radius 3 is 2.86 bits per heavy atom. The summed E-state index contributed by atoms with van der Waals surface area (Å²) in [4.78, 5) is 13.8. The Bertz CT molecular complexity index is 836. The number of benzene rings is 2. The van der Waals surface area contributed by atoms with Crippen LogP contribution in [0.4, 0.5) is 4.39 Å². The molecule has 0 saturated carbocycles.